The highest BCUT2D eigenvalue weighted by atomic mass is 35.5. The van der Waals surface area contributed by atoms with Gasteiger partial charge in [0.1, 0.15) is 12.3 Å². The summed E-state index contributed by atoms with van der Waals surface area (Å²) in [7, 11) is -2.70. The van der Waals surface area contributed by atoms with Gasteiger partial charge in [0.25, 0.3) is 21.8 Å². The largest absolute Gasteiger partial charge is 0.495 e. The summed E-state index contributed by atoms with van der Waals surface area (Å²) in [6, 6.07) is 26.6. The van der Waals surface area contributed by atoms with Gasteiger partial charge in [-0.15, -0.1) is 0 Å². The Kier molecular flexibility index (Phi) is 9.61. The summed E-state index contributed by atoms with van der Waals surface area (Å²) in [6.45, 7) is 2.96. The number of ether oxygens (including phenoxy) is 1. The molecular formula is C31H29ClN4O5S. The SMILES string of the molecule is COc1ccc(N(CC(=O)N/N=C(/C)c2cccc(NC(=O)c3ccccc3)c2)S(=O)(=O)c2ccc(C)cc2)cc1Cl. The minimum atomic E-state index is -4.15. The van der Waals surface area contributed by atoms with E-state index >= 15 is 0 Å². The number of carbonyl (C=O) groups excluding carboxylic acids is 2. The fraction of sp³-hybridized carbons (Fsp3) is 0.129. The van der Waals surface area contributed by atoms with Crippen molar-refractivity contribution in [3.63, 3.8) is 0 Å². The first-order valence-corrected chi connectivity index (χ1v) is 14.6. The molecule has 4 aromatic rings. The molecule has 0 aliphatic rings. The van der Waals surface area contributed by atoms with Gasteiger partial charge < -0.3 is 10.1 Å². The van der Waals surface area contributed by atoms with Gasteiger partial charge in [0.15, 0.2) is 0 Å². The molecule has 0 saturated heterocycles. The van der Waals surface area contributed by atoms with Crippen LogP contribution in [0.5, 0.6) is 5.75 Å². The number of sulfonamides is 1. The van der Waals surface area contributed by atoms with Crippen molar-refractivity contribution in [1.82, 2.24) is 5.43 Å². The maximum absolute atomic E-state index is 13.6. The molecular weight excluding hydrogens is 576 g/mol. The Balaban J connectivity index is 1.53. The minimum Gasteiger partial charge on any atom is -0.495 e. The van der Waals surface area contributed by atoms with Crippen LogP contribution in [-0.2, 0) is 14.8 Å². The summed E-state index contributed by atoms with van der Waals surface area (Å²) in [5.74, 6) is -0.574. The highest BCUT2D eigenvalue weighted by Gasteiger charge is 2.28. The van der Waals surface area contributed by atoms with Crippen molar-refractivity contribution in [2.45, 2.75) is 18.7 Å². The number of anilines is 2. The van der Waals surface area contributed by atoms with E-state index in [1.807, 2.05) is 13.0 Å². The van der Waals surface area contributed by atoms with Crippen LogP contribution >= 0.6 is 11.6 Å². The Morgan fingerprint density at radius 1 is 0.905 bits per heavy atom. The van der Waals surface area contributed by atoms with Crippen LogP contribution < -0.4 is 19.8 Å². The number of rotatable bonds is 10. The monoisotopic (exact) mass is 604 g/mol. The second-order valence-corrected chi connectivity index (χ2v) is 11.5. The summed E-state index contributed by atoms with van der Waals surface area (Å²) < 4.78 is 33.4. The van der Waals surface area contributed by atoms with E-state index in [-0.39, 0.29) is 21.5 Å². The lowest BCUT2D eigenvalue weighted by Gasteiger charge is -2.24. The topological polar surface area (TPSA) is 117 Å². The normalized spacial score (nSPS) is 11.5. The summed E-state index contributed by atoms with van der Waals surface area (Å²) in [4.78, 5) is 25.6. The van der Waals surface area contributed by atoms with E-state index in [0.717, 1.165) is 9.87 Å². The van der Waals surface area contributed by atoms with Gasteiger partial charge in [0, 0.05) is 11.3 Å². The quantitative estimate of drug-likeness (QED) is 0.179. The smallest absolute Gasteiger partial charge is 0.264 e. The van der Waals surface area contributed by atoms with E-state index in [2.05, 4.69) is 15.8 Å². The predicted molar refractivity (Wildman–Crippen MR) is 165 cm³/mol. The van der Waals surface area contributed by atoms with Crippen molar-refractivity contribution in [3.05, 3.63) is 119 Å². The molecule has 0 bridgehead atoms. The molecule has 9 nitrogen and oxygen atoms in total. The first kappa shape index (κ1) is 30.3. The molecule has 0 heterocycles. The molecule has 2 N–H and O–H groups in total. The lowest BCUT2D eigenvalue weighted by molar-refractivity contribution is -0.119. The lowest BCUT2D eigenvalue weighted by atomic mass is 10.1. The lowest BCUT2D eigenvalue weighted by Crippen LogP contribution is -2.39. The second-order valence-electron chi connectivity index (χ2n) is 9.28. The predicted octanol–water partition coefficient (Wildman–Crippen LogP) is 5.65. The maximum Gasteiger partial charge on any atom is 0.264 e. The minimum absolute atomic E-state index is 0.0156. The first-order valence-electron chi connectivity index (χ1n) is 12.8. The van der Waals surface area contributed by atoms with Crippen molar-refractivity contribution in [2.75, 3.05) is 23.3 Å². The molecule has 216 valence electrons. The van der Waals surface area contributed by atoms with Gasteiger partial charge in [0.05, 0.1) is 28.4 Å². The van der Waals surface area contributed by atoms with Crippen molar-refractivity contribution >= 4 is 50.5 Å². The zero-order valence-corrected chi connectivity index (χ0v) is 24.7. The number of nitrogens with one attached hydrogen (secondary N) is 2. The molecule has 11 heteroatoms. The van der Waals surface area contributed by atoms with Crippen LogP contribution in [0.15, 0.2) is 107 Å². The van der Waals surface area contributed by atoms with Crippen molar-refractivity contribution < 1.29 is 22.7 Å². The maximum atomic E-state index is 13.6. The second kappa shape index (κ2) is 13.3. The van der Waals surface area contributed by atoms with E-state index in [1.54, 1.807) is 67.6 Å². The summed E-state index contributed by atoms with van der Waals surface area (Å²) in [5.41, 5.74) is 5.66. The Morgan fingerprint density at radius 2 is 1.60 bits per heavy atom. The molecule has 0 saturated carbocycles. The zero-order chi connectivity index (χ0) is 30.3. The van der Waals surface area contributed by atoms with Gasteiger partial charge in [-0.2, -0.15) is 5.10 Å². The molecule has 0 radical (unpaired) electrons. The third-order valence-corrected chi connectivity index (χ3v) is 8.33. The van der Waals surface area contributed by atoms with Crippen molar-refractivity contribution in [3.8, 4) is 5.75 Å². The number of nitrogens with zero attached hydrogens (tertiary/aromatic N) is 2. The number of hydrazone groups is 1. The molecule has 42 heavy (non-hydrogen) atoms. The molecule has 4 rings (SSSR count). The third-order valence-electron chi connectivity index (χ3n) is 6.24. The van der Waals surface area contributed by atoms with E-state index in [1.165, 1.54) is 37.4 Å². The molecule has 0 spiro atoms. The number of methoxy groups -OCH3 is 1. The van der Waals surface area contributed by atoms with Gasteiger partial charge in [-0.3, -0.25) is 13.9 Å². The number of carbonyl (C=O) groups is 2. The van der Waals surface area contributed by atoms with Crippen molar-refractivity contribution in [1.29, 1.82) is 0 Å². The van der Waals surface area contributed by atoms with E-state index in [4.69, 9.17) is 16.3 Å². The summed E-state index contributed by atoms with van der Waals surface area (Å²) in [5, 5.41) is 7.19. The number of amides is 2. The third kappa shape index (κ3) is 7.34. The van der Waals surface area contributed by atoms with Crippen LogP contribution in [0.4, 0.5) is 11.4 Å². The average Bonchev–Trinajstić information content (AvgIpc) is 2.99. The number of aryl methyl sites for hydroxylation is 1. The Labute approximate surface area is 249 Å². The molecule has 0 aromatic heterocycles. The Bertz CT molecular complexity index is 1730. The average molecular weight is 605 g/mol. The van der Waals surface area contributed by atoms with Crippen LogP contribution in [0, 0.1) is 6.92 Å². The fourth-order valence-electron chi connectivity index (χ4n) is 3.95. The molecule has 0 fully saturated rings. The van der Waals surface area contributed by atoms with Gasteiger partial charge in [0.2, 0.25) is 0 Å². The number of hydrogen-bond acceptors (Lipinski definition) is 6. The van der Waals surface area contributed by atoms with Crippen LogP contribution in [0.1, 0.15) is 28.4 Å². The van der Waals surface area contributed by atoms with E-state index in [9.17, 15) is 18.0 Å². The van der Waals surface area contributed by atoms with Gasteiger partial charge in [-0.05, 0) is 74.0 Å². The fourth-order valence-corrected chi connectivity index (χ4v) is 5.62. The molecule has 0 unspecified atom stereocenters. The van der Waals surface area contributed by atoms with Gasteiger partial charge in [-0.1, -0.05) is 59.6 Å². The van der Waals surface area contributed by atoms with E-state index in [0.29, 0.717) is 28.3 Å². The van der Waals surface area contributed by atoms with Crippen LogP contribution in [-0.4, -0.2) is 39.6 Å². The molecule has 0 aliphatic heterocycles. The first-order chi connectivity index (χ1) is 20.1. The molecule has 0 aliphatic carbocycles. The van der Waals surface area contributed by atoms with Crippen molar-refractivity contribution in [2.24, 2.45) is 5.10 Å². The highest BCUT2D eigenvalue weighted by Crippen LogP contribution is 2.32. The van der Waals surface area contributed by atoms with Crippen LogP contribution in [0.3, 0.4) is 0 Å². The molecule has 4 aromatic carbocycles. The van der Waals surface area contributed by atoms with Crippen LogP contribution in [0.2, 0.25) is 5.02 Å². The van der Waals surface area contributed by atoms with Crippen LogP contribution in [0.25, 0.3) is 0 Å². The number of benzene rings is 4. The molecule has 0 atom stereocenters. The van der Waals surface area contributed by atoms with Gasteiger partial charge >= 0.3 is 0 Å². The Hall–Kier alpha value is -4.67. The summed E-state index contributed by atoms with van der Waals surface area (Å²) >= 11 is 6.28. The zero-order valence-electron chi connectivity index (χ0n) is 23.2. The number of halogens is 1. The highest BCUT2D eigenvalue weighted by molar-refractivity contribution is 7.92. The summed E-state index contributed by atoms with van der Waals surface area (Å²) in [6.07, 6.45) is 0. The molecule has 2 amide bonds. The Morgan fingerprint density at radius 3 is 2.26 bits per heavy atom. The van der Waals surface area contributed by atoms with E-state index < -0.39 is 22.5 Å². The van der Waals surface area contributed by atoms with Gasteiger partial charge in [-0.25, -0.2) is 13.8 Å². The standard InChI is InChI=1S/C31H29ClN4O5S/c1-21-12-15-27(16-13-21)42(39,40)36(26-14-17-29(41-3)28(32)19-26)20-30(37)35-34-22(2)24-10-7-11-25(18-24)33-31(38)23-8-5-4-6-9-23/h4-19H,20H2,1-3H3,(H,33,38)(H,35,37)/b34-22-. The number of hydrogen-bond donors (Lipinski definition) is 2.